The number of benzene rings is 1. The van der Waals surface area contributed by atoms with Gasteiger partial charge in [0.15, 0.2) is 11.5 Å². The highest BCUT2D eigenvalue weighted by Crippen LogP contribution is 2.31. The lowest BCUT2D eigenvalue weighted by Gasteiger charge is -2.08. The van der Waals surface area contributed by atoms with Gasteiger partial charge in [-0.2, -0.15) is 0 Å². The fourth-order valence-corrected chi connectivity index (χ4v) is 3.02. The number of aryl methyl sites for hydroxylation is 1. The normalized spacial score (nSPS) is 10.7. The standard InChI is InChI=1S/C16H13ClN2O3S/c1-9-2-3-10(8-20)6-11(9)18-16(21)12-7-13(22-19-12)14-4-5-15(17)23-14/h2-7,20H,8H2,1H3,(H,18,21). The van der Waals surface area contributed by atoms with Gasteiger partial charge in [0.25, 0.3) is 5.91 Å². The summed E-state index contributed by atoms with van der Waals surface area (Å²) in [6.45, 7) is 1.79. The lowest BCUT2D eigenvalue weighted by molar-refractivity contribution is 0.101. The number of rotatable bonds is 4. The number of carbonyl (C=O) groups excluding carboxylic acids is 1. The van der Waals surface area contributed by atoms with Gasteiger partial charge in [0.05, 0.1) is 15.8 Å². The average Bonchev–Trinajstić information content (AvgIpc) is 3.18. The highest BCUT2D eigenvalue weighted by atomic mass is 35.5. The van der Waals surface area contributed by atoms with Crippen molar-refractivity contribution in [2.75, 3.05) is 5.32 Å². The summed E-state index contributed by atoms with van der Waals surface area (Å²) < 4.78 is 5.84. The summed E-state index contributed by atoms with van der Waals surface area (Å²) in [5.74, 6) is 0.119. The molecule has 0 aliphatic carbocycles. The van der Waals surface area contributed by atoms with Gasteiger partial charge >= 0.3 is 0 Å². The van der Waals surface area contributed by atoms with Crippen molar-refractivity contribution in [1.29, 1.82) is 0 Å². The number of hydrogen-bond donors (Lipinski definition) is 2. The van der Waals surface area contributed by atoms with Crippen LogP contribution < -0.4 is 5.32 Å². The number of hydrogen-bond acceptors (Lipinski definition) is 5. The summed E-state index contributed by atoms with van der Waals surface area (Å²) in [5.41, 5.74) is 2.42. The minimum atomic E-state index is -0.374. The van der Waals surface area contributed by atoms with Gasteiger partial charge in [0.1, 0.15) is 0 Å². The number of anilines is 1. The molecule has 0 aliphatic rings. The second-order valence-electron chi connectivity index (χ2n) is 4.94. The molecule has 118 valence electrons. The Bertz CT molecular complexity index is 857. The molecule has 23 heavy (non-hydrogen) atoms. The van der Waals surface area contributed by atoms with Gasteiger partial charge in [-0.3, -0.25) is 4.79 Å². The smallest absolute Gasteiger partial charge is 0.277 e. The van der Waals surface area contributed by atoms with Gasteiger partial charge in [0, 0.05) is 11.8 Å². The molecular formula is C16H13ClN2O3S. The Morgan fingerprint density at radius 3 is 2.87 bits per heavy atom. The maximum Gasteiger partial charge on any atom is 0.277 e. The van der Waals surface area contributed by atoms with Crippen LogP contribution in [0.5, 0.6) is 0 Å². The fraction of sp³-hybridized carbons (Fsp3) is 0.125. The predicted octanol–water partition coefficient (Wildman–Crippen LogP) is 4.11. The average molecular weight is 349 g/mol. The zero-order valence-electron chi connectivity index (χ0n) is 12.2. The summed E-state index contributed by atoms with van der Waals surface area (Å²) in [7, 11) is 0. The van der Waals surface area contributed by atoms with Gasteiger partial charge in [-0.05, 0) is 36.2 Å². The Hall–Kier alpha value is -2.15. The molecule has 0 radical (unpaired) electrons. The number of thiophene rings is 1. The molecule has 1 aromatic carbocycles. The van der Waals surface area contributed by atoms with Crippen LogP contribution in [0.3, 0.4) is 0 Å². The Labute approximate surface area is 141 Å². The molecule has 2 aromatic heterocycles. The first kappa shape index (κ1) is 15.7. The Kier molecular flexibility index (Phi) is 4.47. The van der Waals surface area contributed by atoms with E-state index in [1.54, 1.807) is 24.3 Å². The first-order valence-corrected chi connectivity index (χ1v) is 8.00. The number of aromatic nitrogens is 1. The van der Waals surface area contributed by atoms with Crippen LogP contribution in [0.15, 0.2) is 40.9 Å². The van der Waals surface area contributed by atoms with Crippen molar-refractivity contribution in [3.63, 3.8) is 0 Å². The van der Waals surface area contributed by atoms with E-state index in [2.05, 4.69) is 10.5 Å². The molecule has 7 heteroatoms. The first-order chi connectivity index (χ1) is 11.1. The minimum Gasteiger partial charge on any atom is -0.392 e. The van der Waals surface area contributed by atoms with Crippen LogP contribution in [-0.4, -0.2) is 16.2 Å². The van der Waals surface area contributed by atoms with E-state index in [0.29, 0.717) is 15.8 Å². The molecule has 5 nitrogen and oxygen atoms in total. The second kappa shape index (κ2) is 6.54. The topological polar surface area (TPSA) is 75.4 Å². The van der Waals surface area contributed by atoms with E-state index in [9.17, 15) is 9.90 Å². The van der Waals surface area contributed by atoms with Gasteiger partial charge < -0.3 is 14.9 Å². The van der Waals surface area contributed by atoms with Crippen LogP contribution >= 0.6 is 22.9 Å². The third kappa shape index (κ3) is 3.44. The molecule has 3 aromatic rings. The minimum absolute atomic E-state index is 0.0869. The molecule has 0 unspecified atom stereocenters. The number of aliphatic hydroxyl groups excluding tert-OH is 1. The SMILES string of the molecule is Cc1ccc(CO)cc1NC(=O)c1cc(-c2ccc(Cl)s2)on1. The first-order valence-electron chi connectivity index (χ1n) is 6.81. The quantitative estimate of drug-likeness (QED) is 0.744. The zero-order chi connectivity index (χ0) is 16.4. The predicted molar refractivity (Wildman–Crippen MR) is 89.9 cm³/mol. The number of halogens is 1. The maximum absolute atomic E-state index is 12.3. The van der Waals surface area contributed by atoms with Crippen LogP contribution in [-0.2, 0) is 6.61 Å². The van der Waals surface area contributed by atoms with Crippen LogP contribution in [0, 0.1) is 6.92 Å². The number of amides is 1. The Balaban J connectivity index is 1.80. The molecule has 2 N–H and O–H groups in total. The Morgan fingerprint density at radius 2 is 2.17 bits per heavy atom. The van der Waals surface area contributed by atoms with E-state index in [1.165, 1.54) is 11.3 Å². The molecule has 0 spiro atoms. The summed E-state index contributed by atoms with van der Waals surface area (Å²) in [6, 6.07) is 10.5. The summed E-state index contributed by atoms with van der Waals surface area (Å²) in [5, 5.41) is 15.8. The fourth-order valence-electron chi connectivity index (χ4n) is 2.03. The van der Waals surface area contributed by atoms with Crippen LogP contribution in [0.1, 0.15) is 21.6 Å². The van der Waals surface area contributed by atoms with Gasteiger partial charge in [-0.15, -0.1) is 11.3 Å². The van der Waals surface area contributed by atoms with Crippen molar-refractivity contribution >= 4 is 34.5 Å². The van der Waals surface area contributed by atoms with E-state index in [-0.39, 0.29) is 18.2 Å². The molecule has 0 saturated carbocycles. The molecule has 0 fully saturated rings. The maximum atomic E-state index is 12.3. The van der Waals surface area contributed by atoms with E-state index in [1.807, 2.05) is 19.1 Å². The molecule has 1 amide bonds. The van der Waals surface area contributed by atoms with E-state index >= 15 is 0 Å². The summed E-state index contributed by atoms with van der Waals surface area (Å²) >= 11 is 7.24. The van der Waals surface area contributed by atoms with E-state index in [0.717, 1.165) is 16.0 Å². The van der Waals surface area contributed by atoms with Crippen molar-refractivity contribution in [2.24, 2.45) is 0 Å². The van der Waals surface area contributed by atoms with Gasteiger partial charge in [-0.25, -0.2) is 0 Å². The van der Waals surface area contributed by atoms with Crippen molar-refractivity contribution < 1.29 is 14.4 Å². The highest BCUT2D eigenvalue weighted by molar-refractivity contribution is 7.19. The number of nitrogens with one attached hydrogen (secondary N) is 1. The molecule has 2 heterocycles. The highest BCUT2D eigenvalue weighted by Gasteiger charge is 2.16. The zero-order valence-corrected chi connectivity index (χ0v) is 13.7. The largest absolute Gasteiger partial charge is 0.392 e. The van der Waals surface area contributed by atoms with Gasteiger partial charge in [0.2, 0.25) is 0 Å². The molecule has 0 atom stereocenters. The molecule has 3 rings (SSSR count). The number of carbonyl (C=O) groups is 1. The van der Waals surface area contributed by atoms with E-state index < -0.39 is 0 Å². The number of nitrogens with zero attached hydrogens (tertiary/aromatic N) is 1. The van der Waals surface area contributed by atoms with Crippen LogP contribution in [0.25, 0.3) is 10.6 Å². The van der Waals surface area contributed by atoms with Gasteiger partial charge in [-0.1, -0.05) is 28.9 Å². The molecular weight excluding hydrogens is 336 g/mol. The van der Waals surface area contributed by atoms with Crippen molar-refractivity contribution in [3.8, 4) is 10.6 Å². The Morgan fingerprint density at radius 1 is 1.35 bits per heavy atom. The van der Waals surface area contributed by atoms with Crippen LogP contribution in [0.4, 0.5) is 5.69 Å². The lowest BCUT2D eigenvalue weighted by atomic mass is 10.1. The molecule has 0 aliphatic heterocycles. The number of aliphatic hydroxyl groups is 1. The molecule has 0 saturated heterocycles. The second-order valence-corrected chi connectivity index (χ2v) is 6.66. The van der Waals surface area contributed by atoms with Crippen LogP contribution in [0.2, 0.25) is 4.34 Å². The van der Waals surface area contributed by atoms with Crippen molar-refractivity contribution in [1.82, 2.24) is 5.16 Å². The lowest BCUT2D eigenvalue weighted by Crippen LogP contribution is -2.13. The van der Waals surface area contributed by atoms with E-state index in [4.69, 9.17) is 16.1 Å². The summed E-state index contributed by atoms with van der Waals surface area (Å²) in [6.07, 6.45) is 0. The van der Waals surface area contributed by atoms with Crippen molar-refractivity contribution in [2.45, 2.75) is 13.5 Å². The summed E-state index contributed by atoms with van der Waals surface area (Å²) in [4.78, 5) is 13.1. The monoisotopic (exact) mass is 348 g/mol. The third-order valence-corrected chi connectivity index (χ3v) is 4.54. The molecule has 0 bridgehead atoms. The van der Waals surface area contributed by atoms with Crippen molar-refractivity contribution in [3.05, 3.63) is 57.6 Å². The third-order valence-electron chi connectivity index (χ3n) is 3.29.